The summed E-state index contributed by atoms with van der Waals surface area (Å²) in [7, 11) is 1.76. The summed E-state index contributed by atoms with van der Waals surface area (Å²) in [5.41, 5.74) is 2.31. The highest BCUT2D eigenvalue weighted by Crippen LogP contribution is 2.10. The lowest BCUT2D eigenvalue weighted by atomic mass is 10.1. The number of pyridine rings is 1. The smallest absolute Gasteiger partial charge is 0.191 e. The van der Waals surface area contributed by atoms with Crippen LogP contribution in [0.25, 0.3) is 5.82 Å². The number of nitrogens with zero attached hydrogens (tertiary/aromatic N) is 4. The first-order valence-electron chi connectivity index (χ1n) is 8.37. The first kappa shape index (κ1) is 17.9. The Morgan fingerprint density at radius 3 is 2.85 bits per heavy atom. The van der Waals surface area contributed by atoms with Crippen LogP contribution in [-0.2, 0) is 13.0 Å². The van der Waals surface area contributed by atoms with Gasteiger partial charge in [0.25, 0.3) is 0 Å². The molecule has 2 aromatic heterocycles. The minimum Gasteiger partial charge on any atom is -0.356 e. The highest BCUT2D eigenvalue weighted by atomic mass is 35.5. The fraction of sp³-hybridized carbons (Fsp3) is 0.211. The number of hydrogen-bond acceptors (Lipinski definition) is 3. The van der Waals surface area contributed by atoms with Gasteiger partial charge in [-0.25, -0.2) is 9.97 Å². The number of nitrogens with one attached hydrogen (secondary N) is 2. The third-order valence-electron chi connectivity index (χ3n) is 3.86. The fourth-order valence-electron chi connectivity index (χ4n) is 2.53. The molecular formula is C19H21ClN6. The van der Waals surface area contributed by atoms with Crippen molar-refractivity contribution >= 4 is 17.6 Å². The monoisotopic (exact) mass is 368 g/mol. The quantitative estimate of drug-likeness (QED) is 0.518. The molecule has 0 amide bonds. The van der Waals surface area contributed by atoms with E-state index in [-0.39, 0.29) is 0 Å². The number of halogens is 1. The maximum absolute atomic E-state index is 6.01. The van der Waals surface area contributed by atoms with E-state index in [9.17, 15) is 0 Å². The van der Waals surface area contributed by atoms with E-state index in [0.29, 0.717) is 6.54 Å². The van der Waals surface area contributed by atoms with Crippen molar-refractivity contribution in [3.63, 3.8) is 0 Å². The van der Waals surface area contributed by atoms with Gasteiger partial charge >= 0.3 is 0 Å². The SMILES string of the molecule is CN=C(NCCc1cccc(Cl)c1)NCc1ccnc(-n2ccnc2)c1. The highest BCUT2D eigenvalue weighted by Gasteiger charge is 2.02. The molecule has 0 aliphatic heterocycles. The molecule has 7 heteroatoms. The molecule has 0 radical (unpaired) electrons. The van der Waals surface area contributed by atoms with Gasteiger partial charge in [-0.15, -0.1) is 0 Å². The molecule has 3 rings (SSSR count). The molecule has 0 spiro atoms. The minimum atomic E-state index is 0.654. The second-order valence-corrected chi connectivity index (χ2v) is 6.16. The number of hydrogen-bond donors (Lipinski definition) is 2. The van der Waals surface area contributed by atoms with E-state index < -0.39 is 0 Å². The highest BCUT2D eigenvalue weighted by molar-refractivity contribution is 6.30. The van der Waals surface area contributed by atoms with Crippen LogP contribution in [0.2, 0.25) is 5.02 Å². The third kappa shape index (κ3) is 5.07. The van der Waals surface area contributed by atoms with E-state index in [0.717, 1.165) is 35.3 Å². The summed E-state index contributed by atoms with van der Waals surface area (Å²) >= 11 is 6.01. The van der Waals surface area contributed by atoms with Gasteiger partial charge in [0.05, 0.1) is 0 Å². The molecule has 0 fully saturated rings. The van der Waals surface area contributed by atoms with Crippen LogP contribution in [-0.4, -0.2) is 34.1 Å². The first-order chi connectivity index (χ1) is 12.7. The second-order valence-electron chi connectivity index (χ2n) is 5.72. The van der Waals surface area contributed by atoms with E-state index >= 15 is 0 Å². The molecule has 1 aromatic carbocycles. The van der Waals surface area contributed by atoms with Crippen molar-refractivity contribution in [1.29, 1.82) is 0 Å². The molecule has 134 valence electrons. The van der Waals surface area contributed by atoms with E-state index in [1.165, 1.54) is 5.56 Å². The lowest BCUT2D eigenvalue weighted by molar-refractivity contribution is 0.793. The summed E-state index contributed by atoms with van der Waals surface area (Å²) in [5.74, 6) is 1.60. The summed E-state index contributed by atoms with van der Waals surface area (Å²) in [6, 6.07) is 11.9. The van der Waals surface area contributed by atoms with Crippen molar-refractivity contribution in [2.75, 3.05) is 13.6 Å². The molecular weight excluding hydrogens is 348 g/mol. The van der Waals surface area contributed by atoms with Crippen LogP contribution in [0.15, 0.2) is 66.3 Å². The summed E-state index contributed by atoms with van der Waals surface area (Å²) in [6.07, 6.45) is 8.01. The second kappa shape index (κ2) is 9.01. The van der Waals surface area contributed by atoms with Gasteiger partial charge in [0.15, 0.2) is 5.96 Å². The van der Waals surface area contributed by atoms with Crippen molar-refractivity contribution in [2.24, 2.45) is 4.99 Å². The van der Waals surface area contributed by atoms with Crippen molar-refractivity contribution in [2.45, 2.75) is 13.0 Å². The number of aromatic nitrogens is 3. The molecule has 2 heterocycles. The molecule has 6 nitrogen and oxygen atoms in total. The molecule has 3 aromatic rings. The van der Waals surface area contributed by atoms with Crippen molar-refractivity contribution < 1.29 is 0 Å². The standard InChI is InChI=1S/C19H21ClN6/c1-21-19(24-8-5-15-3-2-4-17(20)11-15)25-13-16-6-7-23-18(12-16)26-10-9-22-14-26/h2-4,6-7,9-12,14H,5,8,13H2,1H3,(H2,21,24,25). The van der Waals surface area contributed by atoms with Gasteiger partial charge < -0.3 is 10.6 Å². The lowest BCUT2D eigenvalue weighted by Crippen LogP contribution is -2.37. The Morgan fingerprint density at radius 1 is 1.15 bits per heavy atom. The van der Waals surface area contributed by atoms with Crippen LogP contribution in [0, 0.1) is 0 Å². The number of rotatable bonds is 6. The molecule has 26 heavy (non-hydrogen) atoms. The zero-order valence-electron chi connectivity index (χ0n) is 14.6. The van der Waals surface area contributed by atoms with Crippen LogP contribution in [0.5, 0.6) is 0 Å². The van der Waals surface area contributed by atoms with E-state index in [4.69, 9.17) is 11.6 Å². The topological polar surface area (TPSA) is 67.1 Å². The van der Waals surface area contributed by atoms with Crippen molar-refractivity contribution in [3.8, 4) is 5.82 Å². The average molecular weight is 369 g/mol. The summed E-state index contributed by atoms with van der Waals surface area (Å²) in [4.78, 5) is 12.7. The number of aliphatic imine (C=N–C) groups is 1. The Balaban J connectivity index is 1.50. The zero-order chi connectivity index (χ0) is 18.2. The van der Waals surface area contributed by atoms with E-state index in [2.05, 4.69) is 31.7 Å². The van der Waals surface area contributed by atoms with Gasteiger partial charge in [-0.1, -0.05) is 23.7 Å². The summed E-state index contributed by atoms with van der Waals surface area (Å²) in [6.45, 7) is 1.43. The first-order valence-corrected chi connectivity index (χ1v) is 8.74. The lowest BCUT2D eigenvalue weighted by Gasteiger charge is -2.12. The van der Waals surface area contributed by atoms with Crippen LogP contribution >= 0.6 is 11.6 Å². The van der Waals surface area contributed by atoms with Gasteiger partial charge in [-0.3, -0.25) is 9.56 Å². The molecule has 0 aliphatic carbocycles. The van der Waals surface area contributed by atoms with Crippen molar-refractivity contribution in [3.05, 3.63) is 77.5 Å². The molecule has 0 saturated heterocycles. The number of guanidine groups is 1. The molecule has 0 saturated carbocycles. The Bertz CT molecular complexity index is 860. The maximum atomic E-state index is 6.01. The predicted octanol–water partition coefficient (Wildman–Crippen LogP) is 2.83. The van der Waals surface area contributed by atoms with Crippen LogP contribution in [0.3, 0.4) is 0 Å². The third-order valence-corrected chi connectivity index (χ3v) is 4.09. The van der Waals surface area contributed by atoms with Crippen LogP contribution in [0.1, 0.15) is 11.1 Å². The number of benzene rings is 1. The maximum Gasteiger partial charge on any atom is 0.191 e. The van der Waals surface area contributed by atoms with E-state index in [1.54, 1.807) is 25.8 Å². The Hall–Kier alpha value is -2.86. The van der Waals surface area contributed by atoms with Gasteiger partial charge in [-0.2, -0.15) is 0 Å². The van der Waals surface area contributed by atoms with E-state index in [1.807, 2.05) is 41.1 Å². The van der Waals surface area contributed by atoms with Crippen LogP contribution in [0.4, 0.5) is 0 Å². The number of imidazole rings is 1. The van der Waals surface area contributed by atoms with Crippen LogP contribution < -0.4 is 10.6 Å². The molecule has 0 bridgehead atoms. The largest absolute Gasteiger partial charge is 0.356 e. The molecule has 0 unspecified atom stereocenters. The van der Waals surface area contributed by atoms with Gasteiger partial charge in [0, 0.05) is 43.8 Å². The van der Waals surface area contributed by atoms with Crippen molar-refractivity contribution in [1.82, 2.24) is 25.2 Å². The molecule has 0 atom stereocenters. The summed E-state index contributed by atoms with van der Waals surface area (Å²) in [5, 5.41) is 7.39. The molecule has 2 N–H and O–H groups in total. The summed E-state index contributed by atoms with van der Waals surface area (Å²) < 4.78 is 1.88. The van der Waals surface area contributed by atoms with Gasteiger partial charge in [-0.05, 0) is 41.8 Å². The Labute approximate surface area is 158 Å². The van der Waals surface area contributed by atoms with Gasteiger partial charge in [0.2, 0.25) is 0 Å². The average Bonchev–Trinajstić information content (AvgIpc) is 3.20. The Morgan fingerprint density at radius 2 is 2.08 bits per heavy atom. The zero-order valence-corrected chi connectivity index (χ0v) is 15.3. The molecule has 0 aliphatic rings. The Kier molecular flexibility index (Phi) is 6.22. The van der Waals surface area contributed by atoms with Gasteiger partial charge in [0.1, 0.15) is 12.1 Å². The predicted molar refractivity (Wildman–Crippen MR) is 105 cm³/mol. The minimum absolute atomic E-state index is 0.654. The fourth-order valence-corrected chi connectivity index (χ4v) is 2.74. The normalized spacial score (nSPS) is 11.4.